The number of esters is 1. The Kier molecular flexibility index (Phi) is 4.18. The van der Waals surface area contributed by atoms with Gasteiger partial charge in [0.25, 0.3) is 0 Å². The van der Waals surface area contributed by atoms with E-state index < -0.39 is 0 Å². The summed E-state index contributed by atoms with van der Waals surface area (Å²) in [6.07, 6.45) is 2.10. The zero-order valence-corrected chi connectivity index (χ0v) is 8.03. The highest BCUT2D eigenvalue weighted by molar-refractivity contribution is 5.69. The molecule has 0 aromatic heterocycles. The number of hydrogen-bond acceptors (Lipinski definition) is 4. The number of carbonyl (C=O) groups excluding carboxylic acids is 1. The van der Waals surface area contributed by atoms with Gasteiger partial charge in [-0.2, -0.15) is 0 Å². The Morgan fingerprint density at radius 2 is 2.46 bits per heavy atom. The highest BCUT2D eigenvalue weighted by atomic mass is 16.5. The summed E-state index contributed by atoms with van der Waals surface area (Å²) in [6, 6.07) is 0. The van der Waals surface area contributed by atoms with E-state index in [2.05, 4.69) is 9.64 Å². The molecule has 1 aliphatic rings. The van der Waals surface area contributed by atoms with Gasteiger partial charge in [0.05, 0.1) is 19.6 Å². The van der Waals surface area contributed by atoms with Gasteiger partial charge in [0.1, 0.15) is 0 Å². The largest absolute Gasteiger partial charge is 0.469 e. The fourth-order valence-corrected chi connectivity index (χ4v) is 1.59. The Bertz CT molecular complexity index is 172. The van der Waals surface area contributed by atoms with Crippen molar-refractivity contribution in [1.82, 2.24) is 4.90 Å². The standard InChI is InChI=1S/C9H17NO3/c1-13-9(12)4-6-10-5-2-3-8(11)7-10/h8,11H,2-7H2,1H3. The van der Waals surface area contributed by atoms with E-state index in [1.807, 2.05) is 0 Å². The molecule has 4 nitrogen and oxygen atoms in total. The van der Waals surface area contributed by atoms with Gasteiger partial charge in [0.15, 0.2) is 0 Å². The maximum atomic E-state index is 10.8. The summed E-state index contributed by atoms with van der Waals surface area (Å²) < 4.78 is 4.54. The molecule has 0 spiro atoms. The quantitative estimate of drug-likeness (QED) is 0.632. The van der Waals surface area contributed by atoms with Crippen LogP contribution in [0.25, 0.3) is 0 Å². The van der Waals surface area contributed by atoms with Gasteiger partial charge in [-0.15, -0.1) is 0 Å². The molecule has 0 aromatic rings. The van der Waals surface area contributed by atoms with Gasteiger partial charge in [-0.05, 0) is 19.4 Å². The van der Waals surface area contributed by atoms with Crippen molar-refractivity contribution in [2.45, 2.75) is 25.4 Å². The third-order valence-electron chi connectivity index (χ3n) is 2.34. The number of methoxy groups -OCH3 is 1. The van der Waals surface area contributed by atoms with Crippen molar-refractivity contribution in [3.8, 4) is 0 Å². The van der Waals surface area contributed by atoms with Crippen molar-refractivity contribution >= 4 is 5.97 Å². The first-order valence-electron chi connectivity index (χ1n) is 4.69. The minimum absolute atomic E-state index is 0.180. The Balaban J connectivity index is 2.17. The molecule has 0 saturated carbocycles. The van der Waals surface area contributed by atoms with Crippen molar-refractivity contribution in [3.05, 3.63) is 0 Å². The monoisotopic (exact) mass is 187 g/mol. The van der Waals surface area contributed by atoms with E-state index in [4.69, 9.17) is 0 Å². The molecule has 1 rings (SSSR count). The number of rotatable bonds is 3. The number of aliphatic hydroxyl groups excluding tert-OH is 1. The number of hydrogen-bond donors (Lipinski definition) is 1. The van der Waals surface area contributed by atoms with Gasteiger partial charge in [-0.3, -0.25) is 4.79 Å². The number of carbonyl (C=O) groups is 1. The molecule has 1 aliphatic heterocycles. The van der Waals surface area contributed by atoms with Crippen LogP contribution in [0, 0.1) is 0 Å². The van der Waals surface area contributed by atoms with Crippen molar-refractivity contribution in [2.75, 3.05) is 26.7 Å². The van der Waals surface area contributed by atoms with Crippen LogP contribution in [0.5, 0.6) is 0 Å². The molecule has 0 aromatic carbocycles. The zero-order chi connectivity index (χ0) is 9.68. The summed E-state index contributed by atoms with van der Waals surface area (Å²) in [4.78, 5) is 12.9. The molecule has 1 heterocycles. The summed E-state index contributed by atoms with van der Waals surface area (Å²) >= 11 is 0. The van der Waals surface area contributed by atoms with Crippen LogP contribution in [-0.2, 0) is 9.53 Å². The third-order valence-corrected chi connectivity index (χ3v) is 2.34. The van der Waals surface area contributed by atoms with Crippen LogP contribution in [0.2, 0.25) is 0 Å². The fourth-order valence-electron chi connectivity index (χ4n) is 1.59. The lowest BCUT2D eigenvalue weighted by atomic mass is 10.1. The Morgan fingerprint density at radius 1 is 1.69 bits per heavy atom. The lowest BCUT2D eigenvalue weighted by Crippen LogP contribution is -2.39. The molecule has 1 N–H and O–H groups in total. The number of piperidine rings is 1. The van der Waals surface area contributed by atoms with E-state index in [9.17, 15) is 9.90 Å². The molecule has 13 heavy (non-hydrogen) atoms. The number of likely N-dealkylation sites (tertiary alicyclic amines) is 1. The fraction of sp³-hybridized carbons (Fsp3) is 0.889. The minimum atomic E-state index is -0.216. The lowest BCUT2D eigenvalue weighted by molar-refractivity contribution is -0.141. The second-order valence-electron chi connectivity index (χ2n) is 3.42. The first-order chi connectivity index (χ1) is 6.22. The van der Waals surface area contributed by atoms with E-state index in [-0.39, 0.29) is 12.1 Å². The van der Waals surface area contributed by atoms with Crippen LogP contribution in [0.3, 0.4) is 0 Å². The van der Waals surface area contributed by atoms with Crippen LogP contribution in [0.1, 0.15) is 19.3 Å². The molecule has 1 saturated heterocycles. The number of ether oxygens (including phenoxy) is 1. The molecule has 0 radical (unpaired) electrons. The smallest absolute Gasteiger partial charge is 0.306 e. The van der Waals surface area contributed by atoms with Crippen molar-refractivity contribution in [3.63, 3.8) is 0 Å². The molecular weight excluding hydrogens is 170 g/mol. The van der Waals surface area contributed by atoms with E-state index in [0.717, 1.165) is 19.4 Å². The van der Waals surface area contributed by atoms with Crippen LogP contribution >= 0.6 is 0 Å². The van der Waals surface area contributed by atoms with E-state index in [0.29, 0.717) is 19.5 Å². The Morgan fingerprint density at radius 3 is 3.08 bits per heavy atom. The normalized spacial score (nSPS) is 24.3. The molecule has 4 heteroatoms. The van der Waals surface area contributed by atoms with Crippen LogP contribution in [0.4, 0.5) is 0 Å². The lowest BCUT2D eigenvalue weighted by Gasteiger charge is -2.29. The average Bonchev–Trinajstić information content (AvgIpc) is 2.14. The zero-order valence-electron chi connectivity index (χ0n) is 8.03. The van der Waals surface area contributed by atoms with Gasteiger partial charge in [0, 0.05) is 13.1 Å². The molecule has 1 fully saturated rings. The third kappa shape index (κ3) is 3.74. The Labute approximate surface area is 78.5 Å². The molecule has 1 atom stereocenters. The predicted molar refractivity (Wildman–Crippen MR) is 48.3 cm³/mol. The maximum absolute atomic E-state index is 10.8. The van der Waals surface area contributed by atoms with Gasteiger partial charge >= 0.3 is 5.97 Å². The molecule has 1 unspecified atom stereocenters. The van der Waals surface area contributed by atoms with Crippen molar-refractivity contribution in [2.24, 2.45) is 0 Å². The summed E-state index contributed by atoms with van der Waals surface area (Å²) in [5, 5.41) is 9.34. The van der Waals surface area contributed by atoms with Gasteiger partial charge < -0.3 is 14.7 Å². The first kappa shape index (κ1) is 10.5. The maximum Gasteiger partial charge on any atom is 0.306 e. The molecule has 0 amide bonds. The van der Waals surface area contributed by atoms with Crippen LogP contribution < -0.4 is 0 Å². The van der Waals surface area contributed by atoms with E-state index in [1.165, 1.54) is 7.11 Å². The molecule has 76 valence electrons. The predicted octanol–water partition coefficient (Wildman–Crippen LogP) is 0.00620. The molecular formula is C9H17NO3. The molecule has 0 aliphatic carbocycles. The average molecular weight is 187 g/mol. The van der Waals surface area contributed by atoms with Gasteiger partial charge in [-0.25, -0.2) is 0 Å². The van der Waals surface area contributed by atoms with Crippen molar-refractivity contribution < 1.29 is 14.6 Å². The Hall–Kier alpha value is -0.610. The van der Waals surface area contributed by atoms with Crippen LogP contribution in [-0.4, -0.2) is 48.8 Å². The second-order valence-corrected chi connectivity index (χ2v) is 3.42. The topological polar surface area (TPSA) is 49.8 Å². The number of nitrogens with zero attached hydrogens (tertiary/aromatic N) is 1. The minimum Gasteiger partial charge on any atom is -0.469 e. The summed E-state index contributed by atoms with van der Waals surface area (Å²) in [6.45, 7) is 2.37. The number of β-amino-alcohol motifs (C(OH)–C–C–N with tert-alkyl or cyclic N) is 1. The van der Waals surface area contributed by atoms with Gasteiger partial charge in [0.2, 0.25) is 0 Å². The van der Waals surface area contributed by atoms with E-state index >= 15 is 0 Å². The summed E-state index contributed by atoms with van der Waals surface area (Å²) in [5.74, 6) is -0.180. The van der Waals surface area contributed by atoms with Gasteiger partial charge in [-0.1, -0.05) is 0 Å². The van der Waals surface area contributed by atoms with Crippen LogP contribution in [0.15, 0.2) is 0 Å². The number of aliphatic hydroxyl groups is 1. The highest BCUT2D eigenvalue weighted by Gasteiger charge is 2.17. The first-order valence-corrected chi connectivity index (χ1v) is 4.69. The van der Waals surface area contributed by atoms with E-state index in [1.54, 1.807) is 0 Å². The molecule has 0 bridgehead atoms. The SMILES string of the molecule is COC(=O)CCN1CCCC(O)C1. The highest BCUT2D eigenvalue weighted by Crippen LogP contribution is 2.09. The summed E-state index contributed by atoms with van der Waals surface area (Å²) in [7, 11) is 1.40. The summed E-state index contributed by atoms with van der Waals surface area (Å²) in [5.41, 5.74) is 0. The second kappa shape index (κ2) is 5.19. The van der Waals surface area contributed by atoms with Crippen molar-refractivity contribution in [1.29, 1.82) is 0 Å².